The largest absolute Gasteiger partial charge is 0.226 e. The minimum atomic E-state index is 0.485. The van der Waals surface area contributed by atoms with Crippen LogP contribution in [0, 0.1) is 3.57 Å². The van der Waals surface area contributed by atoms with Gasteiger partial charge in [0.1, 0.15) is 5.15 Å². The maximum Gasteiger partial charge on any atom is 0.171 e. The van der Waals surface area contributed by atoms with E-state index in [1.807, 2.05) is 41.8 Å². The van der Waals surface area contributed by atoms with E-state index in [2.05, 4.69) is 48.5 Å². The first kappa shape index (κ1) is 14.4. The van der Waals surface area contributed by atoms with Crippen molar-refractivity contribution in [1.82, 2.24) is 9.97 Å². The van der Waals surface area contributed by atoms with Gasteiger partial charge >= 0.3 is 0 Å². The van der Waals surface area contributed by atoms with Crippen molar-refractivity contribution in [2.24, 2.45) is 0 Å². The van der Waals surface area contributed by atoms with Crippen molar-refractivity contribution in [1.29, 1.82) is 0 Å². The number of benzene rings is 1. The molecule has 100 valence electrons. The second kappa shape index (κ2) is 6.09. The first-order valence-electron chi connectivity index (χ1n) is 5.68. The summed E-state index contributed by atoms with van der Waals surface area (Å²) in [5.74, 6) is 0.657. The highest BCUT2D eigenvalue weighted by Gasteiger charge is 2.14. The van der Waals surface area contributed by atoms with E-state index < -0.39 is 0 Å². The first-order chi connectivity index (χ1) is 9.65. The third-order valence-electron chi connectivity index (χ3n) is 2.65. The third kappa shape index (κ3) is 2.90. The lowest BCUT2D eigenvalue weighted by molar-refractivity contribution is 1.17. The van der Waals surface area contributed by atoms with Crippen LogP contribution in [0.3, 0.4) is 0 Å². The van der Waals surface area contributed by atoms with Crippen LogP contribution < -0.4 is 0 Å². The number of rotatable bonds is 2. The summed E-state index contributed by atoms with van der Waals surface area (Å²) in [4.78, 5) is 10.0. The number of thiophene rings is 1. The van der Waals surface area contributed by atoms with Crippen molar-refractivity contribution in [2.75, 3.05) is 0 Å². The maximum atomic E-state index is 6.26. The van der Waals surface area contributed by atoms with Gasteiger partial charge in [-0.05, 0) is 44.6 Å². The summed E-state index contributed by atoms with van der Waals surface area (Å²) in [6.07, 6.45) is 0. The van der Waals surface area contributed by atoms with Crippen molar-refractivity contribution in [2.45, 2.75) is 0 Å². The van der Waals surface area contributed by atoms with Crippen LogP contribution in [0.1, 0.15) is 0 Å². The Bertz CT molecular complexity index is 761. The molecular weight excluding hydrogens is 470 g/mol. The fraction of sp³-hybridized carbons (Fsp3) is 0. The molecule has 3 aromatic rings. The second-order valence-corrected chi connectivity index (χ2v) is 7.26. The molecule has 0 aliphatic carbocycles. The molecule has 2 heterocycles. The normalized spacial score (nSPS) is 10.8. The van der Waals surface area contributed by atoms with Gasteiger partial charge in [-0.25, -0.2) is 9.97 Å². The van der Waals surface area contributed by atoms with E-state index in [0.717, 1.165) is 24.2 Å². The minimum Gasteiger partial charge on any atom is -0.226 e. The molecule has 2 aromatic heterocycles. The molecule has 0 bridgehead atoms. The van der Waals surface area contributed by atoms with Crippen LogP contribution in [0.5, 0.6) is 0 Å². The molecule has 0 N–H and O–H groups in total. The lowest BCUT2D eigenvalue weighted by Gasteiger charge is -2.07. The van der Waals surface area contributed by atoms with E-state index in [0.29, 0.717) is 11.0 Å². The molecule has 0 aliphatic rings. The number of halogens is 3. The van der Waals surface area contributed by atoms with Crippen LogP contribution in [0.4, 0.5) is 0 Å². The fourth-order valence-corrected chi connectivity index (χ4v) is 3.83. The Kier molecular flexibility index (Phi) is 4.40. The fourth-order valence-electron chi connectivity index (χ4n) is 1.75. The van der Waals surface area contributed by atoms with Gasteiger partial charge in [-0.15, -0.1) is 11.3 Å². The summed E-state index contributed by atoms with van der Waals surface area (Å²) < 4.78 is 1.90. The molecule has 2 nitrogen and oxygen atoms in total. The zero-order valence-electron chi connectivity index (χ0n) is 9.98. The Hall–Kier alpha value is -0.500. The number of hydrogen-bond donors (Lipinski definition) is 0. The van der Waals surface area contributed by atoms with Crippen molar-refractivity contribution >= 4 is 61.5 Å². The highest BCUT2D eigenvalue weighted by Crippen LogP contribution is 2.33. The number of aromatic nitrogens is 2. The molecule has 0 saturated heterocycles. The number of hydrogen-bond acceptors (Lipinski definition) is 3. The lowest BCUT2D eigenvalue weighted by Crippen LogP contribution is -1.96. The molecule has 0 atom stereocenters. The van der Waals surface area contributed by atoms with Crippen LogP contribution >= 0.6 is 61.5 Å². The Morgan fingerprint density at radius 3 is 2.55 bits per heavy atom. The van der Waals surface area contributed by atoms with Gasteiger partial charge in [0.05, 0.1) is 14.1 Å². The van der Waals surface area contributed by atoms with E-state index in [1.54, 1.807) is 11.3 Å². The van der Waals surface area contributed by atoms with Gasteiger partial charge in [-0.3, -0.25) is 0 Å². The second-order valence-electron chi connectivity index (χ2n) is 4.00. The van der Waals surface area contributed by atoms with Gasteiger partial charge in [0, 0.05) is 15.4 Å². The zero-order valence-corrected chi connectivity index (χ0v) is 15.3. The van der Waals surface area contributed by atoms with E-state index in [4.69, 9.17) is 11.6 Å². The van der Waals surface area contributed by atoms with E-state index in [1.165, 1.54) is 0 Å². The molecule has 20 heavy (non-hydrogen) atoms. The predicted molar refractivity (Wildman–Crippen MR) is 96.2 cm³/mol. The molecule has 0 amide bonds. The Balaban J connectivity index is 2.18. The molecule has 0 aliphatic heterocycles. The molecule has 6 heteroatoms. The van der Waals surface area contributed by atoms with Crippen LogP contribution in [-0.2, 0) is 0 Å². The van der Waals surface area contributed by atoms with Crippen molar-refractivity contribution < 1.29 is 0 Å². The summed E-state index contributed by atoms with van der Waals surface area (Å²) in [5, 5.41) is 2.49. The quantitative estimate of drug-likeness (QED) is 0.340. The monoisotopic (exact) mass is 476 g/mol. The van der Waals surface area contributed by atoms with E-state index >= 15 is 0 Å². The van der Waals surface area contributed by atoms with Crippen molar-refractivity contribution in [3.63, 3.8) is 0 Å². The van der Waals surface area contributed by atoms with Crippen molar-refractivity contribution in [3.8, 4) is 22.0 Å². The first-order valence-corrected chi connectivity index (χ1v) is 8.81. The topological polar surface area (TPSA) is 25.8 Å². The molecule has 0 saturated carbocycles. The molecule has 0 radical (unpaired) electrons. The molecular formula is C14H7BrClIN2S. The SMILES string of the molecule is Clc1nc(-c2cc(Br)cs2)nc(-c2ccccc2)c1I. The van der Waals surface area contributed by atoms with Crippen molar-refractivity contribution in [3.05, 3.63) is 55.0 Å². The molecule has 0 fully saturated rings. The van der Waals surface area contributed by atoms with Crippen LogP contribution in [0.25, 0.3) is 22.0 Å². The molecule has 1 aromatic carbocycles. The molecule has 0 spiro atoms. The Labute approximate surface area is 147 Å². The summed E-state index contributed by atoms with van der Waals surface area (Å²) in [7, 11) is 0. The van der Waals surface area contributed by atoms with Gasteiger partial charge in [0.15, 0.2) is 5.82 Å². The van der Waals surface area contributed by atoms with Crippen LogP contribution in [-0.4, -0.2) is 9.97 Å². The van der Waals surface area contributed by atoms with Gasteiger partial charge in [0.25, 0.3) is 0 Å². The predicted octanol–water partition coefficient (Wildman–Crippen LogP) is 5.89. The Morgan fingerprint density at radius 2 is 1.90 bits per heavy atom. The summed E-state index contributed by atoms with van der Waals surface area (Å²) >= 11 is 13.5. The third-order valence-corrected chi connectivity index (χ3v) is 5.95. The summed E-state index contributed by atoms with van der Waals surface area (Å²) in [6, 6.07) is 12.0. The van der Waals surface area contributed by atoms with E-state index in [9.17, 15) is 0 Å². The molecule has 0 unspecified atom stereocenters. The summed E-state index contributed by atoms with van der Waals surface area (Å²) in [6.45, 7) is 0. The van der Waals surface area contributed by atoms with Crippen LogP contribution in [0.2, 0.25) is 5.15 Å². The van der Waals surface area contributed by atoms with Gasteiger partial charge in [-0.2, -0.15) is 0 Å². The average Bonchev–Trinajstić information content (AvgIpc) is 2.89. The highest BCUT2D eigenvalue weighted by atomic mass is 127. The maximum absolute atomic E-state index is 6.26. The summed E-state index contributed by atoms with van der Waals surface area (Å²) in [5.41, 5.74) is 1.91. The minimum absolute atomic E-state index is 0.485. The van der Waals surface area contributed by atoms with Gasteiger partial charge in [-0.1, -0.05) is 41.9 Å². The molecule has 3 rings (SSSR count). The van der Waals surface area contributed by atoms with Crippen LogP contribution in [0.15, 0.2) is 46.3 Å². The smallest absolute Gasteiger partial charge is 0.171 e. The lowest BCUT2D eigenvalue weighted by atomic mass is 10.1. The highest BCUT2D eigenvalue weighted by molar-refractivity contribution is 14.1. The average molecular weight is 478 g/mol. The zero-order chi connectivity index (χ0) is 14.1. The van der Waals surface area contributed by atoms with Gasteiger partial charge < -0.3 is 0 Å². The van der Waals surface area contributed by atoms with Gasteiger partial charge in [0.2, 0.25) is 0 Å². The standard InChI is InChI=1S/C14H7BrClIN2S/c15-9-6-10(20-7-9)14-18-12(11(17)13(16)19-14)8-4-2-1-3-5-8/h1-7H. The number of nitrogens with zero attached hydrogens (tertiary/aromatic N) is 2. The Morgan fingerprint density at radius 1 is 1.15 bits per heavy atom. The van der Waals surface area contributed by atoms with E-state index in [-0.39, 0.29) is 0 Å².